The van der Waals surface area contributed by atoms with Crippen molar-refractivity contribution in [2.45, 2.75) is 13.0 Å². The zero-order valence-corrected chi connectivity index (χ0v) is 13.8. The summed E-state index contributed by atoms with van der Waals surface area (Å²) in [6.45, 7) is 1.90. The molecule has 0 aliphatic rings. The van der Waals surface area contributed by atoms with Gasteiger partial charge >= 0.3 is 0 Å². The Morgan fingerprint density at radius 3 is 2.60 bits per heavy atom. The average Bonchev–Trinajstić information content (AvgIpc) is 2.41. The van der Waals surface area contributed by atoms with E-state index in [0.717, 1.165) is 5.56 Å². The summed E-state index contributed by atoms with van der Waals surface area (Å²) in [6, 6.07) is 12.5. The zero-order valence-electron chi connectivity index (χ0n) is 10.7. The Labute approximate surface area is 136 Å². The van der Waals surface area contributed by atoms with Crippen LogP contribution in [0.5, 0.6) is 0 Å². The molecule has 2 aromatic carbocycles. The lowest BCUT2D eigenvalue weighted by Crippen LogP contribution is -2.26. The van der Waals surface area contributed by atoms with Crippen molar-refractivity contribution in [3.63, 3.8) is 0 Å². The first-order valence-electron chi connectivity index (χ1n) is 5.99. The van der Waals surface area contributed by atoms with Gasteiger partial charge in [-0.05, 0) is 52.7 Å². The quantitative estimate of drug-likeness (QED) is 0.783. The lowest BCUT2D eigenvalue weighted by atomic mass is 10.1. The number of carbonyl (C=O) groups is 1. The predicted molar refractivity (Wildman–Crippen MR) is 86.5 cm³/mol. The van der Waals surface area contributed by atoms with Crippen molar-refractivity contribution in [1.82, 2.24) is 5.32 Å². The summed E-state index contributed by atoms with van der Waals surface area (Å²) in [5.74, 6) is -0.219. The largest absolute Gasteiger partial charge is 0.345 e. The molecule has 0 aliphatic heterocycles. The number of carbonyl (C=O) groups excluding carboxylic acids is 1. The topological polar surface area (TPSA) is 29.1 Å². The SMILES string of the molecule is CC(NC(=O)c1cccc(Br)c1Cl)c1cccc(Cl)c1. The molecule has 1 atom stereocenters. The van der Waals surface area contributed by atoms with E-state index in [0.29, 0.717) is 20.1 Å². The maximum Gasteiger partial charge on any atom is 0.253 e. The van der Waals surface area contributed by atoms with Crippen LogP contribution in [0.3, 0.4) is 0 Å². The van der Waals surface area contributed by atoms with Crippen LogP contribution in [0.25, 0.3) is 0 Å². The van der Waals surface area contributed by atoms with Gasteiger partial charge < -0.3 is 5.32 Å². The standard InChI is InChI=1S/C15H12BrCl2NO/c1-9(10-4-2-5-11(17)8-10)19-15(20)12-6-3-7-13(16)14(12)18/h2-9H,1H3,(H,19,20). The molecular formula is C15H12BrCl2NO. The highest BCUT2D eigenvalue weighted by molar-refractivity contribution is 9.10. The number of halogens is 3. The Kier molecular flexibility index (Phi) is 5.08. The van der Waals surface area contributed by atoms with Crippen molar-refractivity contribution in [3.8, 4) is 0 Å². The van der Waals surface area contributed by atoms with E-state index in [1.54, 1.807) is 24.3 Å². The van der Waals surface area contributed by atoms with Crippen molar-refractivity contribution in [2.24, 2.45) is 0 Å². The minimum absolute atomic E-state index is 0.156. The predicted octanol–water partition coefficient (Wildman–Crippen LogP) is 5.25. The first kappa shape index (κ1) is 15.4. The monoisotopic (exact) mass is 371 g/mol. The lowest BCUT2D eigenvalue weighted by Gasteiger charge is -2.15. The fourth-order valence-electron chi connectivity index (χ4n) is 1.81. The molecule has 0 saturated carbocycles. The van der Waals surface area contributed by atoms with Crippen LogP contribution >= 0.6 is 39.1 Å². The molecule has 0 bridgehead atoms. The highest BCUT2D eigenvalue weighted by atomic mass is 79.9. The van der Waals surface area contributed by atoms with E-state index < -0.39 is 0 Å². The fraction of sp³-hybridized carbons (Fsp3) is 0.133. The number of amides is 1. The molecule has 0 aliphatic carbocycles. The normalized spacial score (nSPS) is 12.0. The maximum atomic E-state index is 12.2. The summed E-state index contributed by atoms with van der Waals surface area (Å²) in [5.41, 5.74) is 1.38. The smallest absolute Gasteiger partial charge is 0.253 e. The van der Waals surface area contributed by atoms with Crippen LogP contribution in [0.1, 0.15) is 28.9 Å². The van der Waals surface area contributed by atoms with Gasteiger partial charge in [-0.15, -0.1) is 0 Å². The van der Waals surface area contributed by atoms with Gasteiger partial charge in [-0.3, -0.25) is 4.79 Å². The first-order chi connectivity index (χ1) is 9.49. The molecule has 1 amide bonds. The van der Waals surface area contributed by atoms with Crippen LogP contribution in [0.4, 0.5) is 0 Å². The third-order valence-corrected chi connectivity index (χ3v) is 4.42. The van der Waals surface area contributed by atoms with E-state index >= 15 is 0 Å². The molecule has 2 nitrogen and oxygen atoms in total. The fourth-order valence-corrected chi connectivity index (χ4v) is 2.59. The van der Waals surface area contributed by atoms with Crippen molar-refractivity contribution in [2.75, 3.05) is 0 Å². The lowest BCUT2D eigenvalue weighted by molar-refractivity contribution is 0.0940. The van der Waals surface area contributed by atoms with Crippen LogP contribution in [0.2, 0.25) is 10.0 Å². The molecule has 0 fully saturated rings. The Bertz CT molecular complexity index is 646. The van der Waals surface area contributed by atoms with Crippen LogP contribution in [-0.2, 0) is 0 Å². The zero-order chi connectivity index (χ0) is 14.7. The molecule has 20 heavy (non-hydrogen) atoms. The van der Waals surface area contributed by atoms with Crippen LogP contribution in [0, 0.1) is 0 Å². The Balaban J connectivity index is 2.17. The molecule has 1 N–H and O–H groups in total. The summed E-state index contributed by atoms with van der Waals surface area (Å²) < 4.78 is 0.697. The van der Waals surface area contributed by atoms with Gasteiger partial charge in [-0.1, -0.05) is 41.4 Å². The molecule has 1 unspecified atom stereocenters. The van der Waals surface area contributed by atoms with E-state index in [1.165, 1.54) is 0 Å². The molecule has 2 rings (SSSR count). The number of rotatable bonds is 3. The maximum absolute atomic E-state index is 12.2. The Morgan fingerprint density at radius 1 is 1.20 bits per heavy atom. The van der Waals surface area contributed by atoms with Crippen molar-refractivity contribution < 1.29 is 4.79 Å². The van der Waals surface area contributed by atoms with Gasteiger partial charge in [0.1, 0.15) is 0 Å². The van der Waals surface area contributed by atoms with Crippen LogP contribution < -0.4 is 5.32 Å². The molecule has 2 aromatic rings. The number of nitrogens with one attached hydrogen (secondary N) is 1. The third kappa shape index (κ3) is 3.54. The van der Waals surface area contributed by atoms with Gasteiger partial charge in [-0.25, -0.2) is 0 Å². The van der Waals surface area contributed by atoms with E-state index in [9.17, 15) is 4.79 Å². The number of hydrogen-bond donors (Lipinski definition) is 1. The van der Waals surface area contributed by atoms with Crippen molar-refractivity contribution >= 4 is 45.0 Å². The van der Waals surface area contributed by atoms with E-state index in [1.807, 2.05) is 25.1 Å². The van der Waals surface area contributed by atoms with Crippen LogP contribution in [0.15, 0.2) is 46.9 Å². The van der Waals surface area contributed by atoms with E-state index in [2.05, 4.69) is 21.2 Å². The number of benzene rings is 2. The van der Waals surface area contributed by atoms with E-state index in [4.69, 9.17) is 23.2 Å². The van der Waals surface area contributed by atoms with Gasteiger partial charge in [0.05, 0.1) is 16.6 Å². The molecule has 0 aromatic heterocycles. The van der Waals surface area contributed by atoms with Gasteiger partial charge in [0.25, 0.3) is 5.91 Å². The third-order valence-electron chi connectivity index (χ3n) is 2.89. The number of hydrogen-bond acceptors (Lipinski definition) is 1. The molecule has 0 saturated heterocycles. The van der Waals surface area contributed by atoms with Gasteiger partial charge in [-0.2, -0.15) is 0 Å². The van der Waals surface area contributed by atoms with Crippen LogP contribution in [-0.4, -0.2) is 5.91 Å². The van der Waals surface area contributed by atoms with Crippen molar-refractivity contribution in [1.29, 1.82) is 0 Å². The van der Waals surface area contributed by atoms with Gasteiger partial charge in [0.2, 0.25) is 0 Å². The highest BCUT2D eigenvalue weighted by Crippen LogP contribution is 2.26. The molecule has 0 radical (unpaired) electrons. The summed E-state index contributed by atoms with van der Waals surface area (Å²) in [6.07, 6.45) is 0. The molecular weight excluding hydrogens is 361 g/mol. The first-order valence-corrected chi connectivity index (χ1v) is 7.54. The summed E-state index contributed by atoms with van der Waals surface area (Å²) >= 11 is 15.4. The highest BCUT2D eigenvalue weighted by Gasteiger charge is 2.15. The van der Waals surface area contributed by atoms with E-state index in [-0.39, 0.29) is 11.9 Å². The second-order valence-corrected chi connectivity index (χ2v) is 6.02. The second-order valence-electron chi connectivity index (χ2n) is 4.35. The van der Waals surface area contributed by atoms with Gasteiger partial charge in [0, 0.05) is 9.50 Å². The summed E-state index contributed by atoms with van der Waals surface area (Å²) in [7, 11) is 0. The molecule has 0 spiro atoms. The average molecular weight is 373 g/mol. The Hall–Kier alpha value is -1.03. The minimum Gasteiger partial charge on any atom is -0.345 e. The second kappa shape index (κ2) is 6.61. The molecule has 0 heterocycles. The summed E-state index contributed by atoms with van der Waals surface area (Å²) in [4.78, 5) is 12.2. The summed E-state index contributed by atoms with van der Waals surface area (Å²) in [5, 5.41) is 3.95. The Morgan fingerprint density at radius 2 is 1.90 bits per heavy atom. The molecule has 104 valence electrons. The molecule has 5 heteroatoms. The van der Waals surface area contributed by atoms with Gasteiger partial charge in [0.15, 0.2) is 0 Å². The van der Waals surface area contributed by atoms with Crippen molar-refractivity contribution in [3.05, 3.63) is 68.1 Å². The minimum atomic E-state index is -0.219.